The molecule has 1 aromatic carbocycles. The molecule has 2 aromatic rings. The Labute approximate surface area is 135 Å². The quantitative estimate of drug-likeness (QED) is 0.793. The number of benzene rings is 1. The first-order valence-electron chi connectivity index (χ1n) is 7.78. The molecule has 0 atom stereocenters. The van der Waals surface area contributed by atoms with E-state index in [9.17, 15) is 0 Å². The van der Waals surface area contributed by atoms with Crippen LogP contribution in [0.2, 0.25) is 0 Å². The topological polar surface area (TPSA) is 43.2 Å². The largest absolute Gasteiger partial charge is 0.378 e. The summed E-state index contributed by atoms with van der Waals surface area (Å²) in [5.41, 5.74) is 2.39. The number of morpholine rings is 1. The van der Waals surface area contributed by atoms with Gasteiger partial charge in [0.15, 0.2) is 5.16 Å². The van der Waals surface area contributed by atoms with Gasteiger partial charge in [0.2, 0.25) is 5.95 Å². The number of rotatable bonds is 5. The van der Waals surface area contributed by atoms with Crippen molar-refractivity contribution in [3.8, 4) is 5.69 Å². The first-order valence-corrected chi connectivity index (χ1v) is 8.76. The van der Waals surface area contributed by atoms with Crippen LogP contribution >= 0.6 is 11.8 Å². The van der Waals surface area contributed by atoms with Crippen LogP contribution in [0.5, 0.6) is 0 Å². The first-order chi connectivity index (χ1) is 10.8. The molecule has 3 rings (SSSR count). The van der Waals surface area contributed by atoms with Gasteiger partial charge in [-0.1, -0.05) is 36.9 Å². The maximum absolute atomic E-state index is 5.46. The molecule has 0 aliphatic carbocycles. The smallest absolute Gasteiger partial charge is 0.232 e. The highest BCUT2D eigenvalue weighted by Crippen LogP contribution is 2.28. The zero-order valence-electron chi connectivity index (χ0n) is 13.2. The molecule has 1 aliphatic heterocycles. The maximum Gasteiger partial charge on any atom is 0.232 e. The van der Waals surface area contributed by atoms with Gasteiger partial charge in [0.1, 0.15) is 0 Å². The number of hydrogen-bond acceptors (Lipinski definition) is 5. The average molecular weight is 318 g/mol. The predicted molar refractivity (Wildman–Crippen MR) is 90.1 cm³/mol. The van der Waals surface area contributed by atoms with Crippen LogP contribution in [0.4, 0.5) is 5.95 Å². The SMILES string of the molecule is CCCSc1nnc(N2CCOCC2)n1-c1ccccc1C. The summed E-state index contributed by atoms with van der Waals surface area (Å²) < 4.78 is 7.65. The Balaban J connectivity index is 2.03. The predicted octanol–water partition coefficient (Wildman–Crippen LogP) is 2.91. The average Bonchev–Trinajstić information content (AvgIpc) is 2.98. The zero-order valence-corrected chi connectivity index (χ0v) is 14.0. The molecule has 0 amide bonds. The monoisotopic (exact) mass is 318 g/mol. The summed E-state index contributed by atoms with van der Waals surface area (Å²) in [6.07, 6.45) is 1.12. The normalized spacial score (nSPS) is 15.3. The fourth-order valence-electron chi connectivity index (χ4n) is 2.54. The van der Waals surface area contributed by atoms with Gasteiger partial charge < -0.3 is 9.64 Å². The van der Waals surface area contributed by atoms with Crippen LogP contribution in [-0.4, -0.2) is 46.8 Å². The van der Waals surface area contributed by atoms with Crippen molar-refractivity contribution in [2.45, 2.75) is 25.4 Å². The molecular formula is C16H22N4OS. The van der Waals surface area contributed by atoms with E-state index < -0.39 is 0 Å². The minimum atomic E-state index is 0.748. The van der Waals surface area contributed by atoms with Crippen molar-refractivity contribution in [3.63, 3.8) is 0 Å². The van der Waals surface area contributed by atoms with Crippen LogP contribution in [0.15, 0.2) is 29.4 Å². The standard InChI is InChI=1S/C16H22N4OS/c1-3-12-22-16-18-17-15(19-8-10-21-11-9-19)20(16)14-7-5-4-6-13(14)2/h4-7H,3,8-12H2,1-2H3. The van der Waals surface area contributed by atoms with E-state index in [2.05, 4.69) is 57.8 Å². The molecule has 0 N–H and O–H groups in total. The number of aromatic nitrogens is 3. The van der Waals surface area contributed by atoms with Gasteiger partial charge in [-0.15, -0.1) is 10.2 Å². The van der Waals surface area contributed by atoms with Gasteiger partial charge in [0.05, 0.1) is 18.9 Å². The minimum Gasteiger partial charge on any atom is -0.378 e. The number of thioether (sulfide) groups is 1. The first kappa shape index (κ1) is 15.4. The third kappa shape index (κ3) is 3.13. The summed E-state index contributed by atoms with van der Waals surface area (Å²) in [5, 5.41) is 9.88. The van der Waals surface area contributed by atoms with Gasteiger partial charge in [-0.25, -0.2) is 0 Å². The van der Waals surface area contributed by atoms with Crippen LogP contribution in [0.1, 0.15) is 18.9 Å². The molecule has 2 heterocycles. The second kappa shape index (κ2) is 7.15. The van der Waals surface area contributed by atoms with Crippen molar-refractivity contribution < 1.29 is 4.74 Å². The fraction of sp³-hybridized carbons (Fsp3) is 0.500. The molecule has 1 fully saturated rings. The molecule has 1 aromatic heterocycles. The summed E-state index contributed by atoms with van der Waals surface area (Å²) in [4.78, 5) is 2.26. The maximum atomic E-state index is 5.46. The molecule has 0 spiro atoms. The van der Waals surface area contributed by atoms with Crippen molar-refractivity contribution in [1.82, 2.24) is 14.8 Å². The van der Waals surface area contributed by atoms with Gasteiger partial charge in [-0.3, -0.25) is 4.57 Å². The van der Waals surface area contributed by atoms with Gasteiger partial charge >= 0.3 is 0 Å². The van der Waals surface area contributed by atoms with E-state index >= 15 is 0 Å². The highest BCUT2D eigenvalue weighted by atomic mass is 32.2. The summed E-state index contributed by atoms with van der Waals surface area (Å²) in [6, 6.07) is 8.40. The lowest BCUT2D eigenvalue weighted by Crippen LogP contribution is -2.38. The molecule has 0 radical (unpaired) electrons. The lowest BCUT2D eigenvalue weighted by Gasteiger charge is -2.28. The van der Waals surface area contributed by atoms with Crippen LogP contribution in [0.3, 0.4) is 0 Å². The Morgan fingerprint density at radius 3 is 2.68 bits per heavy atom. The molecule has 118 valence electrons. The Bertz CT molecular complexity index is 622. The van der Waals surface area contributed by atoms with Crippen molar-refractivity contribution in [2.24, 2.45) is 0 Å². The third-order valence-corrected chi connectivity index (χ3v) is 4.84. The Hall–Kier alpha value is -1.53. The molecular weight excluding hydrogens is 296 g/mol. The number of nitrogens with zero attached hydrogens (tertiary/aromatic N) is 4. The van der Waals surface area contributed by atoms with Crippen LogP contribution in [-0.2, 0) is 4.74 Å². The van der Waals surface area contributed by atoms with E-state index in [-0.39, 0.29) is 0 Å². The molecule has 0 saturated carbocycles. The number of anilines is 1. The van der Waals surface area contributed by atoms with Gasteiger partial charge in [0, 0.05) is 18.8 Å². The second-order valence-electron chi connectivity index (χ2n) is 5.35. The summed E-state index contributed by atoms with van der Waals surface area (Å²) in [5.74, 6) is 1.98. The summed E-state index contributed by atoms with van der Waals surface area (Å²) in [7, 11) is 0. The highest BCUT2D eigenvalue weighted by molar-refractivity contribution is 7.99. The minimum absolute atomic E-state index is 0.748. The van der Waals surface area contributed by atoms with Crippen molar-refractivity contribution in [3.05, 3.63) is 29.8 Å². The van der Waals surface area contributed by atoms with E-state index in [4.69, 9.17) is 4.74 Å². The lowest BCUT2D eigenvalue weighted by atomic mass is 10.2. The zero-order chi connectivity index (χ0) is 15.4. The van der Waals surface area contributed by atoms with Crippen LogP contribution in [0.25, 0.3) is 5.69 Å². The second-order valence-corrected chi connectivity index (χ2v) is 6.41. The Morgan fingerprint density at radius 1 is 1.18 bits per heavy atom. The van der Waals surface area contributed by atoms with Crippen molar-refractivity contribution >= 4 is 17.7 Å². The summed E-state index contributed by atoms with van der Waals surface area (Å²) in [6.45, 7) is 7.54. The molecule has 22 heavy (non-hydrogen) atoms. The Kier molecular flexibility index (Phi) is 5.00. The van der Waals surface area contributed by atoms with Crippen LogP contribution < -0.4 is 4.90 Å². The molecule has 0 bridgehead atoms. The molecule has 5 nitrogen and oxygen atoms in total. The Morgan fingerprint density at radius 2 is 1.95 bits per heavy atom. The number of ether oxygens (including phenoxy) is 1. The van der Waals surface area contributed by atoms with E-state index in [1.807, 2.05) is 0 Å². The molecule has 0 unspecified atom stereocenters. The van der Waals surface area contributed by atoms with Gasteiger partial charge in [-0.2, -0.15) is 0 Å². The lowest BCUT2D eigenvalue weighted by molar-refractivity contribution is 0.122. The van der Waals surface area contributed by atoms with E-state index in [1.54, 1.807) is 11.8 Å². The van der Waals surface area contributed by atoms with Crippen molar-refractivity contribution in [2.75, 3.05) is 37.0 Å². The van der Waals surface area contributed by atoms with E-state index in [1.165, 1.54) is 5.56 Å². The van der Waals surface area contributed by atoms with Gasteiger partial charge in [0.25, 0.3) is 0 Å². The number of aryl methyl sites for hydroxylation is 1. The third-order valence-electron chi connectivity index (χ3n) is 3.70. The summed E-state index contributed by atoms with van der Waals surface area (Å²) >= 11 is 1.77. The molecule has 1 aliphatic rings. The fourth-order valence-corrected chi connectivity index (χ4v) is 3.34. The van der Waals surface area contributed by atoms with Crippen molar-refractivity contribution in [1.29, 1.82) is 0 Å². The highest BCUT2D eigenvalue weighted by Gasteiger charge is 2.22. The molecule has 1 saturated heterocycles. The van der Waals surface area contributed by atoms with Crippen LogP contribution in [0, 0.1) is 6.92 Å². The van der Waals surface area contributed by atoms with Gasteiger partial charge in [-0.05, 0) is 25.0 Å². The van der Waals surface area contributed by atoms with E-state index in [0.717, 1.165) is 55.3 Å². The number of hydrogen-bond donors (Lipinski definition) is 0. The molecule has 6 heteroatoms. The number of para-hydroxylation sites is 1. The van der Waals surface area contributed by atoms with E-state index in [0.29, 0.717) is 0 Å².